The van der Waals surface area contributed by atoms with Crippen LogP contribution in [0.1, 0.15) is 12.6 Å². The molecule has 2 aromatic carbocycles. The van der Waals surface area contributed by atoms with Crippen molar-refractivity contribution < 1.29 is 0 Å². The van der Waals surface area contributed by atoms with E-state index in [9.17, 15) is 0 Å². The normalized spacial score (nSPS) is 10.5. The molecule has 0 saturated carbocycles. The molecule has 21 heavy (non-hydrogen) atoms. The van der Waals surface area contributed by atoms with Gasteiger partial charge in [0.15, 0.2) is 0 Å². The summed E-state index contributed by atoms with van der Waals surface area (Å²) < 4.78 is 4.47. The average molecular weight is 340 g/mol. The number of nitrogens with zero attached hydrogens (tertiary/aromatic N) is 3. The van der Waals surface area contributed by atoms with E-state index in [1.165, 1.54) is 8.92 Å². The quantitative estimate of drug-likeness (QED) is 0.680. The third-order valence-corrected chi connectivity index (χ3v) is 5.26. The van der Waals surface area contributed by atoms with Crippen LogP contribution in [0, 0.1) is 0 Å². The Balaban J connectivity index is 1.97. The summed E-state index contributed by atoms with van der Waals surface area (Å²) in [5.74, 6) is 0. The second-order valence-electron chi connectivity index (χ2n) is 4.71. The van der Waals surface area contributed by atoms with Crippen LogP contribution in [0.15, 0.2) is 67.4 Å². The number of benzene rings is 2. The van der Waals surface area contributed by atoms with Gasteiger partial charge < -0.3 is 0 Å². The van der Waals surface area contributed by atoms with Crippen LogP contribution in [0.25, 0.3) is 11.3 Å². The molecule has 1 aromatic heterocycles. The van der Waals surface area contributed by atoms with E-state index in [1.807, 2.05) is 29.9 Å². The molecule has 4 heteroatoms. The Hall–Kier alpha value is -2.16. The molecular formula is C17H15N3Se. The molecule has 0 spiro atoms. The summed E-state index contributed by atoms with van der Waals surface area (Å²) in [6.45, 7) is 5.85. The molecule has 0 aliphatic rings. The molecule has 0 saturated heterocycles. The Kier molecular flexibility index (Phi) is 4.00. The minimum atomic E-state index is 0.243. The van der Waals surface area contributed by atoms with Gasteiger partial charge in [0.1, 0.15) is 0 Å². The summed E-state index contributed by atoms with van der Waals surface area (Å²) in [4.78, 5) is 0. The fraction of sp³-hybridized carbons (Fsp3) is 0.0588. The third-order valence-electron chi connectivity index (χ3n) is 3.01. The van der Waals surface area contributed by atoms with Crippen LogP contribution in [-0.4, -0.2) is 30.0 Å². The van der Waals surface area contributed by atoms with Crippen molar-refractivity contribution in [2.45, 2.75) is 6.92 Å². The summed E-state index contributed by atoms with van der Waals surface area (Å²) in [6.07, 6.45) is 1.93. The van der Waals surface area contributed by atoms with E-state index in [1.54, 1.807) is 0 Å². The molecule has 3 rings (SSSR count). The predicted molar refractivity (Wildman–Crippen MR) is 87.5 cm³/mol. The van der Waals surface area contributed by atoms with Crippen LogP contribution in [-0.2, 0) is 0 Å². The second kappa shape index (κ2) is 6.08. The molecule has 0 aliphatic carbocycles. The van der Waals surface area contributed by atoms with Crippen molar-refractivity contribution in [2.75, 3.05) is 0 Å². The van der Waals surface area contributed by atoms with Crippen LogP contribution >= 0.6 is 0 Å². The number of allylic oxidation sites excluding steroid dienone is 1. The molecular weight excluding hydrogens is 325 g/mol. The van der Waals surface area contributed by atoms with E-state index < -0.39 is 0 Å². The summed E-state index contributed by atoms with van der Waals surface area (Å²) in [7, 11) is 0. The Labute approximate surface area is 130 Å². The molecule has 0 bridgehead atoms. The van der Waals surface area contributed by atoms with Gasteiger partial charge in [-0.2, -0.15) is 0 Å². The Morgan fingerprint density at radius 2 is 1.76 bits per heavy atom. The van der Waals surface area contributed by atoms with Crippen molar-refractivity contribution in [3.8, 4) is 5.69 Å². The van der Waals surface area contributed by atoms with Crippen molar-refractivity contribution in [3.63, 3.8) is 0 Å². The van der Waals surface area contributed by atoms with Gasteiger partial charge in [0.05, 0.1) is 0 Å². The average Bonchev–Trinajstić information content (AvgIpc) is 2.99. The maximum atomic E-state index is 4.23. The first-order valence-electron chi connectivity index (χ1n) is 6.64. The Morgan fingerprint density at radius 3 is 2.48 bits per heavy atom. The van der Waals surface area contributed by atoms with Crippen LogP contribution in [0.5, 0.6) is 0 Å². The first-order valence-corrected chi connectivity index (χ1v) is 8.36. The first-order chi connectivity index (χ1) is 10.2. The number of hydrogen-bond acceptors (Lipinski definition) is 2. The molecule has 0 aliphatic heterocycles. The standard InChI is InChI=1S/C17H15N3Se/c1-13(2)15-12-20(19-18-15)16-10-6-7-11-17(16)21-14-8-4-3-5-9-14/h3-12H,1H2,2H3. The molecule has 3 aromatic rings. The van der Waals surface area contributed by atoms with Crippen molar-refractivity contribution in [1.82, 2.24) is 15.0 Å². The predicted octanol–water partition coefficient (Wildman–Crippen LogP) is 1.96. The van der Waals surface area contributed by atoms with Gasteiger partial charge >= 0.3 is 130 Å². The van der Waals surface area contributed by atoms with E-state index in [0.717, 1.165) is 17.0 Å². The van der Waals surface area contributed by atoms with Crippen LogP contribution in [0.2, 0.25) is 0 Å². The van der Waals surface area contributed by atoms with Gasteiger partial charge in [0.25, 0.3) is 0 Å². The monoisotopic (exact) mass is 341 g/mol. The molecule has 0 atom stereocenters. The van der Waals surface area contributed by atoms with E-state index >= 15 is 0 Å². The zero-order valence-electron chi connectivity index (χ0n) is 11.7. The summed E-state index contributed by atoms with van der Waals surface area (Å²) >= 11 is 0.243. The Bertz CT molecular complexity index is 762. The van der Waals surface area contributed by atoms with E-state index in [-0.39, 0.29) is 15.0 Å². The zero-order chi connectivity index (χ0) is 14.7. The van der Waals surface area contributed by atoms with E-state index in [4.69, 9.17) is 0 Å². The number of hydrogen-bond donors (Lipinski definition) is 0. The SMILES string of the molecule is C=C(C)c1cn(-c2ccccc2[Se]c2ccccc2)nn1. The first kappa shape index (κ1) is 13.8. The van der Waals surface area contributed by atoms with Gasteiger partial charge in [-0.15, -0.1) is 0 Å². The molecule has 0 radical (unpaired) electrons. The molecule has 104 valence electrons. The maximum absolute atomic E-state index is 4.23. The van der Waals surface area contributed by atoms with Crippen molar-refractivity contribution in [3.05, 3.63) is 73.1 Å². The van der Waals surface area contributed by atoms with Crippen LogP contribution in [0.4, 0.5) is 0 Å². The van der Waals surface area contributed by atoms with Gasteiger partial charge in [-0.05, 0) is 0 Å². The number of aromatic nitrogens is 3. The fourth-order valence-electron chi connectivity index (χ4n) is 1.93. The molecule has 3 nitrogen and oxygen atoms in total. The van der Waals surface area contributed by atoms with E-state index in [0.29, 0.717) is 0 Å². The molecule has 0 amide bonds. The third kappa shape index (κ3) is 3.13. The Morgan fingerprint density at radius 1 is 1.05 bits per heavy atom. The summed E-state index contributed by atoms with van der Waals surface area (Å²) in [5, 5.41) is 8.39. The van der Waals surface area contributed by atoms with Crippen LogP contribution in [0.3, 0.4) is 0 Å². The summed E-state index contributed by atoms with van der Waals surface area (Å²) in [5.41, 5.74) is 2.84. The van der Waals surface area contributed by atoms with Crippen molar-refractivity contribution in [1.29, 1.82) is 0 Å². The zero-order valence-corrected chi connectivity index (χ0v) is 13.4. The van der Waals surface area contributed by atoms with Gasteiger partial charge in [0, 0.05) is 0 Å². The summed E-state index contributed by atoms with van der Waals surface area (Å²) in [6, 6.07) is 18.9. The van der Waals surface area contributed by atoms with Crippen molar-refractivity contribution in [2.24, 2.45) is 0 Å². The second-order valence-corrected chi connectivity index (χ2v) is 7.05. The fourth-order valence-corrected chi connectivity index (χ4v) is 3.94. The molecule has 0 N–H and O–H groups in total. The molecule has 0 unspecified atom stereocenters. The van der Waals surface area contributed by atoms with Gasteiger partial charge in [0.2, 0.25) is 0 Å². The van der Waals surface area contributed by atoms with Gasteiger partial charge in [-0.3, -0.25) is 0 Å². The van der Waals surface area contributed by atoms with Gasteiger partial charge in [-0.25, -0.2) is 0 Å². The van der Waals surface area contributed by atoms with E-state index in [2.05, 4.69) is 59.4 Å². The molecule has 1 heterocycles. The van der Waals surface area contributed by atoms with Crippen molar-refractivity contribution >= 4 is 29.5 Å². The number of rotatable bonds is 4. The molecule has 0 fully saturated rings. The van der Waals surface area contributed by atoms with Gasteiger partial charge in [-0.1, -0.05) is 0 Å². The topological polar surface area (TPSA) is 30.7 Å². The minimum absolute atomic E-state index is 0.243. The number of para-hydroxylation sites is 1. The van der Waals surface area contributed by atoms with Crippen LogP contribution < -0.4 is 8.92 Å².